The summed E-state index contributed by atoms with van der Waals surface area (Å²) in [5.41, 5.74) is -2.28. The number of hydrogen-bond donors (Lipinski definition) is 3. The number of rotatable bonds is 4. The Balaban J connectivity index is 1.54. The summed E-state index contributed by atoms with van der Waals surface area (Å²) in [7, 11) is 0. The van der Waals surface area contributed by atoms with Crippen molar-refractivity contribution in [1.29, 1.82) is 0 Å². The number of aromatic hydroxyl groups is 1. The smallest absolute Gasteiger partial charge is 0.274 e. The summed E-state index contributed by atoms with van der Waals surface area (Å²) in [5, 5.41) is 26.8. The lowest BCUT2D eigenvalue weighted by Gasteiger charge is -2.41. The van der Waals surface area contributed by atoms with Gasteiger partial charge in [0.05, 0.1) is 18.4 Å². The van der Waals surface area contributed by atoms with Crippen molar-refractivity contribution >= 4 is 17.5 Å². The van der Waals surface area contributed by atoms with Gasteiger partial charge >= 0.3 is 0 Å². The van der Waals surface area contributed by atoms with Gasteiger partial charge in [-0.3, -0.25) is 14.4 Å². The van der Waals surface area contributed by atoms with Gasteiger partial charge < -0.3 is 29.8 Å². The van der Waals surface area contributed by atoms with Gasteiger partial charge in [0.2, 0.25) is 5.43 Å². The number of oxime groups is 1. The highest BCUT2D eigenvalue weighted by Crippen LogP contribution is 2.46. The average Bonchev–Trinajstić information content (AvgIpc) is 3.23. The number of benzene rings is 1. The number of nitrogens with zero attached hydrogens (tertiary/aromatic N) is 3. The van der Waals surface area contributed by atoms with Crippen LogP contribution in [0.1, 0.15) is 58.6 Å². The van der Waals surface area contributed by atoms with Gasteiger partial charge in [0.1, 0.15) is 17.2 Å². The molecule has 1 spiro atoms. The predicted octanol–water partition coefficient (Wildman–Crippen LogP) is 1.45. The first-order chi connectivity index (χ1) is 17.1. The summed E-state index contributed by atoms with van der Waals surface area (Å²) in [4.78, 5) is 46.5. The van der Waals surface area contributed by atoms with Crippen molar-refractivity contribution < 1.29 is 33.4 Å². The van der Waals surface area contributed by atoms with Gasteiger partial charge in [-0.05, 0) is 25.8 Å². The van der Waals surface area contributed by atoms with E-state index in [4.69, 9.17) is 4.84 Å². The minimum Gasteiger partial charge on any atom is -0.503 e. The lowest BCUT2D eigenvalue weighted by molar-refractivity contribution is -0.0655. The van der Waals surface area contributed by atoms with Gasteiger partial charge in [0.15, 0.2) is 17.0 Å². The van der Waals surface area contributed by atoms with Gasteiger partial charge in [-0.2, -0.15) is 0 Å². The third-order valence-corrected chi connectivity index (χ3v) is 7.25. The molecule has 2 amide bonds. The van der Waals surface area contributed by atoms with E-state index in [1.54, 1.807) is 4.90 Å². The highest BCUT2D eigenvalue weighted by molar-refractivity contribution is 5.99. The molecule has 3 aliphatic rings. The van der Waals surface area contributed by atoms with E-state index in [0.717, 1.165) is 6.07 Å². The molecule has 5 rings (SSSR count). The zero-order chi connectivity index (χ0) is 25.8. The number of amides is 2. The van der Waals surface area contributed by atoms with Gasteiger partial charge in [0.25, 0.3) is 11.8 Å². The van der Waals surface area contributed by atoms with Crippen LogP contribution in [0.3, 0.4) is 0 Å². The molecule has 190 valence electrons. The minimum absolute atomic E-state index is 0.00241. The van der Waals surface area contributed by atoms with Crippen molar-refractivity contribution in [2.45, 2.75) is 50.4 Å². The summed E-state index contributed by atoms with van der Waals surface area (Å²) in [6, 6.07) is 2.06. The normalized spacial score (nSPS) is 24.7. The van der Waals surface area contributed by atoms with E-state index in [2.05, 4.69) is 10.5 Å². The van der Waals surface area contributed by atoms with Crippen LogP contribution in [-0.4, -0.2) is 62.0 Å². The summed E-state index contributed by atoms with van der Waals surface area (Å²) in [5.74, 6) is -3.96. The number of carbonyl (C=O) groups excluding carboxylic acids is 2. The molecule has 0 unspecified atom stereocenters. The number of fused-ring (bicyclic) bond motifs is 5. The Bertz CT molecular complexity index is 1360. The molecule has 3 aliphatic heterocycles. The van der Waals surface area contributed by atoms with E-state index in [1.165, 1.54) is 16.8 Å². The predicted molar refractivity (Wildman–Crippen MR) is 122 cm³/mol. The maximum atomic E-state index is 14.0. The topological polar surface area (TPSA) is 133 Å². The van der Waals surface area contributed by atoms with Crippen LogP contribution in [0, 0.1) is 11.6 Å². The van der Waals surface area contributed by atoms with E-state index < -0.39 is 51.8 Å². The monoisotopic (exact) mass is 502 g/mol. The van der Waals surface area contributed by atoms with E-state index in [9.17, 15) is 33.4 Å². The van der Waals surface area contributed by atoms with E-state index >= 15 is 0 Å². The molecule has 2 bridgehead atoms. The lowest BCUT2D eigenvalue weighted by Crippen LogP contribution is -2.52. The number of carbonyl (C=O) groups is 2. The van der Waals surface area contributed by atoms with E-state index in [-0.39, 0.29) is 43.4 Å². The van der Waals surface area contributed by atoms with Gasteiger partial charge in [-0.15, -0.1) is 0 Å². The summed E-state index contributed by atoms with van der Waals surface area (Å²) in [6.07, 6.45) is 2.52. The number of aliphatic hydroxyl groups is 1. The molecular weight excluding hydrogens is 478 g/mol. The molecule has 3 atom stereocenters. The highest BCUT2D eigenvalue weighted by Gasteiger charge is 2.54. The molecule has 1 aromatic carbocycles. The zero-order valence-corrected chi connectivity index (χ0v) is 19.3. The lowest BCUT2D eigenvalue weighted by atomic mass is 9.84. The number of aromatic nitrogens is 1. The third kappa shape index (κ3) is 3.72. The fraction of sp³-hybridized carbons (Fsp3) is 0.417. The molecule has 10 nitrogen and oxygen atoms in total. The van der Waals surface area contributed by atoms with Crippen LogP contribution in [0.2, 0.25) is 0 Å². The van der Waals surface area contributed by atoms with E-state index in [1.807, 2.05) is 6.92 Å². The molecular formula is C24H24F2N4O6. The first kappa shape index (κ1) is 23.9. The summed E-state index contributed by atoms with van der Waals surface area (Å²) < 4.78 is 28.5. The fourth-order valence-corrected chi connectivity index (χ4v) is 5.21. The number of aliphatic hydroxyl groups excluding tert-OH is 1. The number of pyridine rings is 1. The number of halogens is 2. The standard InChI is InChI=1S/C24H24F2N4O6/c1-12-4-5-24(7-15(11-31)28-36-24)18-10-29(12)23(35)19-21(33)20(32)16(9-30(18)19)22(34)27-8-13-2-3-14(25)6-17(13)26/h2-3,6,9,12,18,31,33H,4-5,7-8,10-11H2,1H3,(H,27,34)/t12-,18+,24-/m0/s1. The quantitative estimate of drug-likeness (QED) is 0.580. The van der Waals surface area contributed by atoms with Crippen molar-refractivity contribution in [3.63, 3.8) is 0 Å². The summed E-state index contributed by atoms with van der Waals surface area (Å²) in [6.45, 7) is 1.41. The second-order valence-corrected chi connectivity index (χ2v) is 9.40. The molecule has 36 heavy (non-hydrogen) atoms. The Morgan fingerprint density at radius 3 is 2.81 bits per heavy atom. The van der Waals surface area contributed by atoms with Crippen LogP contribution >= 0.6 is 0 Å². The van der Waals surface area contributed by atoms with Crippen LogP contribution in [0.5, 0.6) is 5.75 Å². The molecule has 1 fully saturated rings. The first-order valence-corrected chi connectivity index (χ1v) is 11.5. The maximum absolute atomic E-state index is 14.0. The first-order valence-electron chi connectivity index (χ1n) is 11.5. The molecule has 2 aromatic rings. The Hall–Kier alpha value is -3.80. The number of hydrogen-bond acceptors (Lipinski definition) is 7. The molecule has 4 heterocycles. The van der Waals surface area contributed by atoms with Gasteiger partial charge in [0, 0.05) is 43.4 Å². The Morgan fingerprint density at radius 1 is 1.33 bits per heavy atom. The van der Waals surface area contributed by atoms with Crippen molar-refractivity contribution in [3.8, 4) is 5.75 Å². The summed E-state index contributed by atoms with van der Waals surface area (Å²) >= 11 is 0. The molecule has 1 aromatic heterocycles. The SMILES string of the molecule is C[C@H]1CC[C@]2(CC(CO)=NO2)[C@H]2CN1C(=O)c1c(O)c(=O)c(C(=O)NCc3ccc(F)cc3F)cn12. The van der Waals surface area contributed by atoms with Gasteiger partial charge in [-0.25, -0.2) is 8.78 Å². The van der Waals surface area contributed by atoms with Crippen molar-refractivity contribution in [2.75, 3.05) is 13.2 Å². The fourth-order valence-electron chi connectivity index (χ4n) is 5.21. The minimum atomic E-state index is -1.05. The Morgan fingerprint density at radius 2 is 2.11 bits per heavy atom. The van der Waals surface area contributed by atoms with Crippen LogP contribution < -0.4 is 10.7 Å². The average molecular weight is 502 g/mol. The van der Waals surface area contributed by atoms with Crippen LogP contribution in [0.15, 0.2) is 34.3 Å². The third-order valence-electron chi connectivity index (χ3n) is 7.25. The molecule has 12 heteroatoms. The van der Waals surface area contributed by atoms with Crippen LogP contribution in [-0.2, 0) is 11.4 Å². The van der Waals surface area contributed by atoms with Crippen molar-refractivity contribution in [3.05, 3.63) is 63.1 Å². The second kappa shape index (κ2) is 8.70. The van der Waals surface area contributed by atoms with Crippen molar-refractivity contribution in [2.24, 2.45) is 5.16 Å². The molecule has 1 saturated heterocycles. The van der Waals surface area contributed by atoms with Crippen molar-refractivity contribution in [1.82, 2.24) is 14.8 Å². The maximum Gasteiger partial charge on any atom is 0.274 e. The highest BCUT2D eigenvalue weighted by atomic mass is 19.1. The number of nitrogens with one attached hydrogen (secondary N) is 1. The largest absolute Gasteiger partial charge is 0.503 e. The molecule has 0 saturated carbocycles. The van der Waals surface area contributed by atoms with Crippen LogP contribution in [0.4, 0.5) is 8.78 Å². The Labute approximate surface area is 203 Å². The van der Waals surface area contributed by atoms with Crippen LogP contribution in [0.25, 0.3) is 0 Å². The van der Waals surface area contributed by atoms with Gasteiger partial charge in [-0.1, -0.05) is 11.2 Å². The zero-order valence-electron chi connectivity index (χ0n) is 19.3. The van der Waals surface area contributed by atoms with E-state index in [0.29, 0.717) is 24.6 Å². The molecule has 0 aliphatic carbocycles. The molecule has 0 radical (unpaired) electrons. The molecule has 3 N–H and O–H groups in total. The Kier molecular flexibility index (Phi) is 5.78. The second-order valence-electron chi connectivity index (χ2n) is 9.40.